The molecule has 0 saturated carbocycles. The maximum Gasteiger partial charge on any atom is 0.195 e. The third kappa shape index (κ3) is 9.98. The van der Waals surface area contributed by atoms with E-state index in [1.807, 2.05) is 50.2 Å². The van der Waals surface area contributed by atoms with E-state index in [1.54, 1.807) is 6.26 Å². The molecule has 0 aliphatic rings. The van der Waals surface area contributed by atoms with Crippen LogP contribution in [0, 0.1) is 0 Å². The molecule has 1 aromatic heterocycles. The lowest BCUT2D eigenvalue weighted by Gasteiger charge is -2.14. The average molecular weight is 521 g/mol. The lowest BCUT2D eigenvalue weighted by atomic mass is 10.3. The summed E-state index contributed by atoms with van der Waals surface area (Å²) in [5.74, 6) is 2.17. The number of sulfone groups is 1. The van der Waals surface area contributed by atoms with Crippen molar-refractivity contribution < 1.29 is 17.6 Å². The van der Waals surface area contributed by atoms with Gasteiger partial charge in [-0.15, -0.1) is 24.0 Å². The summed E-state index contributed by atoms with van der Waals surface area (Å²) in [6.45, 7) is 4.74. The predicted octanol–water partition coefficient (Wildman–Crippen LogP) is 3.33. The van der Waals surface area contributed by atoms with Crippen LogP contribution in [0.1, 0.15) is 19.6 Å². The maximum absolute atomic E-state index is 11.3. The Kier molecular flexibility index (Phi) is 10.4. The van der Waals surface area contributed by atoms with Crippen LogP contribution >= 0.6 is 24.0 Å². The normalized spacial score (nSPS) is 11.8. The monoisotopic (exact) mass is 521 g/mol. The Morgan fingerprint density at radius 2 is 1.93 bits per heavy atom. The summed E-state index contributed by atoms with van der Waals surface area (Å²) in [5.41, 5.74) is 0.828. The Hall–Kier alpha value is -1.75. The molecule has 156 valence electrons. The number of rotatable bonds is 9. The van der Waals surface area contributed by atoms with Crippen molar-refractivity contribution in [2.75, 3.05) is 30.4 Å². The SMILES string of the molecule is CC(C)Oc1ccc(NC(=NCCS(C)(=O)=O)NCCc2ccco2)cc1.I. The molecule has 2 aromatic rings. The second-order valence-electron chi connectivity index (χ2n) is 6.43. The summed E-state index contributed by atoms with van der Waals surface area (Å²) >= 11 is 0. The second-order valence-corrected chi connectivity index (χ2v) is 8.69. The molecule has 0 radical (unpaired) electrons. The molecule has 0 spiro atoms. The molecule has 0 bridgehead atoms. The van der Waals surface area contributed by atoms with Gasteiger partial charge in [-0.25, -0.2) is 8.42 Å². The van der Waals surface area contributed by atoms with Crippen LogP contribution in [0.25, 0.3) is 0 Å². The third-order valence-corrected chi connectivity index (χ3v) is 4.39. The van der Waals surface area contributed by atoms with Crippen LogP contribution in [0.4, 0.5) is 5.69 Å². The van der Waals surface area contributed by atoms with Crippen LogP contribution in [-0.2, 0) is 16.3 Å². The van der Waals surface area contributed by atoms with Gasteiger partial charge in [0.1, 0.15) is 21.3 Å². The minimum absolute atomic E-state index is 0. The van der Waals surface area contributed by atoms with Crippen molar-refractivity contribution in [3.8, 4) is 5.75 Å². The van der Waals surface area contributed by atoms with Crippen LogP contribution in [0.5, 0.6) is 5.75 Å². The second kappa shape index (κ2) is 11.9. The molecule has 9 heteroatoms. The zero-order valence-corrected chi connectivity index (χ0v) is 19.5. The van der Waals surface area contributed by atoms with Crippen molar-refractivity contribution >= 4 is 45.5 Å². The summed E-state index contributed by atoms with van der Waals surface area (Å²) in [4.78, 5) is 4.35. The van der Waals surface area contributed by atoms with Gasteiger partial charge in [0.25, 0.3) is 0 Å². The Labute approximate surface area is 183 Å². The van der Waals surface area contributed by atoms with E-state index in [2.05, 4.69) is 15.6 Å². The fourth-order valence-electron chi connectivity index (χ4n) is 2.25. The lowest BCUT2D eigenvalue weighted by molar-refractivity contribution is 0.242. The van der Waals surface area contributed by atoms with Gasteiger partial charge in [-0.2, -0.15) is 0 Å². The number of hydrogen-bond acceptors (Lipinski definition) is 5. The fraction of sp³-hybridized carbons (Fsp3) is 0.421. The Morgan fingerprint density at radius 1 is 1.21 bits per heavy atom. The number of furan rings is 1. The summed E-state index contributed by atoms with van der Waals surface area (Å²) in [5, 5.41) is 6.38. The summed E-state index contributed by atoms with van der Waals surface area (Å²) < 4.78 is 33.6. The van der Waals surface area contributed by atoms with E-state index in [0.29, 0.717) is 18.9 Å². The first kappa shape index (κ1) is 24.3. The number of nitrogens with zero attached hydrogens (tertiary/aromatic N) is 1. The number of benzene rings is 1. The molecule has 0 atom stereocenters. The van der Waals surface area contributed by atoms with E-state index in [9.17, 15) is 8.42 Å². The van der Waals surface area contributed by atoms with Gasteiger partial charge < -0.3 is 19.8 Å². The molecular formula is C19H28IN3O4S. The van der Waals surface area contributed by atoms with E-state index < -0.39 is 9.84 Å². The molecule has 0 saturated heterocycles. The summed E-state index contributed by atoms with van der Waals surface area (Å²) in [6.07, 6.45) is 3.64. The van der Waals surface area contributed by atoms with Crippen LogP contribution in [0.15, 0.2) is 52.1 Å². The quantitative estimate of drug-likeness (QED) is 0.299. The molecule has 1 heterocycles. The number of guanidine groups is 1. The third-order valence-electron chi connectivity index (χ3n) is 3.46. The topological polar surface area (TPSA) is 92.9 Å². The number of nitrogens with one attached hydrogen (secondary N) is 2. The molecule has 28 heavy (non-hydrogen) atoms. The highest BCUT2D eigenvalue weighted by atomic mass is 127. The number of anilines is 1. The minimum Gasteiger partial charge on any atom is -0.491 e. The number of ether oxygens (including phenoxy) is 1. The van der Waals surface area contributed by atoms with E-state index in [0.717, 1.165) is 17.2 Å². The van der Waals surface area contributed by atoms with Crippen molar-refractivity contribution in [2.45, 2.75) is 26.4 Å². The van der Waals surface area contributed by atoms with Crippen molar-refractivity contribution in [3.05, 3.63) is 48.4 Å². The van der Waals surface area contributed by atoms with Gasteiger partial charge in [0.2, 0.25) is 0 Å². The molecule has 7 nitrogen and oxygen atoms in total. The molecule has 0 aliphatic carbocycles. The van der Waals surface area contributed by atoms with Gasteiger partial charge in [0.15, 0.2) is 5.96 Å². The summed E-state index contributed by atoms with van der Waals surface area (Å²) in [7, 11) is -3.06. The molecule has 0 unspecified atom stereocenters. The number of aliphatic imine (C=N–C) groups is 1. The van der Waals surface area contributed by atoms with Gasteiger partial charge in [-0.05, 0) is 50.2 Å². The highest BCUT2D eigenvalue weighted by Gasteiger charge is 2.05. The first-order chi connectivity index (χ1) is 12.8. The van der Waals surface area contributed by atoms with Crippen LogP contribution < -0.4 is 15.4 Å². The molecule has 0 amide bonds. The van der Waals surface area contributed by atoms with E-state index >= 15 is 0 Å². The first-order valence-corrected chi connectivity index (χ1v) is 10.9. The summed E-state index contributed by atoms with van der Waals surface area (Å²) in [6, 6.07) is 11.3. The van der Waals surface area contributed by atoms with E-state index in [4.69, 9.17) is 9.15 Å². The van der Waals surface area contributed by atoms with Crippen LogP contribution in [0.3, 0.4) is 0 Å². The highest BCUT2D eigenvalue weighted by Crippen LogP contribution is 2.16. The Bertz CT molecular complexity index is 819. The van der Waals surface area contributed by atoms with Crippen molar-refractivity contribution in [1.29, 1.82) is 0 Å². The molecule has 0 aliphatic heterocycles. The predicted molar refractivity (Wildman–Crippen MR) is 124 cm³/mol. The molecule has 1 aromatic carbocycles. The number of hydrogen-bond donors (Lipinski definition) is 2. The van der Waals surface area contributed by atoms with Crippen LogP contribution in [0.2, 0.25) is 0 Å². The van der Waals surface area contributed by atoms with Gasteiger partial charge in [0.05, 0.1) is 24.7 Å². The van der Waals surface area contributed by atoms with Crippen molar-refractivity contribution in [2.24, 2.45) is 4.99 Å². The zero-order chi connectivity index (χ0) is 19.7. The molecular weight excluding hydrogens is 493 g/mol. The van der Waals surface area contributed by atoms with Gasteiger partial charge in [0, 0.05) is 24.9 Å². The van der Waals surface area contributed by atoms with Gasteiger partial charge in [-0.3, -0.25) is 4.99 Å². The Balaban J connectivity index is 0.00000392. The smallest absolute Gasteiger partial charge is 0.195 e. The van der Waals surface area contributed by atoms with Crippen molar-refractivity contribution in [3.63, 3.8) is 0 Å². The highest BCUT2D eigenvalue weighted by molar-refractivity contribution is 14.0. The van der Waals surface area contributed by atoms with E-state index in [1.165, 1.54) is 6.26 Å². The fourth-order valence-corrected chi connectivity index (χ4v) is 2.67. The van der Waals surface area contributed by atoms with Crippen molar-refractivity contribution in [1.82, 2.24) is 5.32 Å². The van der Waals surface area contributed by atoms with E-state index in [-0.39, 0.29) is 42.4 Å². The largest absolute Gasteiger partial charge is 0.491 e. The molecule has 2 N–H and O–H groups in total. The number of halogens is 1. The molecule has 2 rings (SSSR count). The van der Waals surface area contributed by atoms with Crippen LogP contribution in [-0.4, -0.2) is 45.6 Å². The zero-order valence-electron chi connectivity index (χ0n) is 16.3. The Morgan fingerprint density at radius 3 is 2.50 bits per heavy atom. The standard InChI is InChI=1S/C19H27N3O4S.HI/c1-15(2)26-18-8-6-16(7-9-18)22-19(21-12-14-27(3,23)24)20-11-10-17-5-4-13-25-17;/h4-9,13,15H,10-12,14H2,1-3H3,(H2,20,21,22);1H. The maximum atomic E-state index is 11.3. The lowest BCUT2D eigenvalue weighted by Crippen LogP contribution is -2.33. The average Bonchev–Trinajstić information content (AvgIpc) is 3.08. The van der Waals surface area contributed by atoms with Gasteiger partial charge in [-0.1, -0.05) is 0 Å². The minimum atomic E-state index is -3.06. The first-order valence-electron chi connectivity index (χ1n) is 8.84. The molecule has 0 fully saturated rings. The van der Waals surface area contributed by atoms with Gasteiger partial charge >= 0.3 is 0 Å².